The van der Waals surface area contributed by atoms with Crippen LogP contribution in [0.2, 0.25) is 0 Å². The lowest BCUT2D eigenvalue weighted by molar-refractivity contribution is 0.663. The molecule has 0 aliphatic heterocycles. The van der Waals surface area contributed by atoms with Gasteiger partial charge in [0.1, 0.15) is 22.3 Å². The lowest BCUT2D eigenvalue weighted by Crippen LogP contribution is -2.11. The molecule has 0 spiro atoms. The standard InChI is InChI=1S/C58H42N4O2/c1-33-21-49(22-34(2)37(33)5)61(45-13-7-39(31-59)8-14-45)47-17-11-41-27-51-55(29-43(41)25-47)63-53-19-20-54-58(57(51)53)52-28-42-12-18-48(26-44(42)30-56(52)64-54)62(46-15-9-40(32-60)10-16-46)50-23-35(3)38(6)36(4)24-50/h7-30H,1-6H3. The molecule has 0 bridgehead atoms. The number of nitrogens with zero attached hydrogens (tertiary/aromatic N) is 4. The van der Waals surface area contributed by atoms with Gasteiger partial charge in [0.15, 0.2) is 0 Å². The molecule has 0 saturated carbocycles. The Morgan fingerprint density at radius 2 is 0.703 bits per heavy atom. The second kappa shape index (κ2) is 14.7. The van der Waals surface area contributed by atoms with Crippen LogP contribution in [0.3, 0.4) is 0 Å². The fourth-order valence-electron chi connectivity index (χ4n) is 9.42. The number of anilines is 6. The van der Waals surface area contributed by atoms with Crippen LogP contribution in [0.1, 0.15) is 44.5 Å². The summed E-state index contributed by atoms with van der Waals surface area (Å²) in [5, 5.41) is 27.5. The summed E-state index contributed by atoms with van der Waals surface area (Å²) < 4.78 is 13.3. The Bertz CT molecular complexity index is 3520. The van der Waals surface area contributed by atoms with Crippen molar-refractivity contribution >= 4 is 99.5 Å². The van der Waals surface area contributed by atoms with Crippen molar-refractivity contribution in [3.63, 3.8) is 0 Å². The summed E-state index contributed by atoms with van der Waals surface area (Å²) >= 11 is 0. The molecular weight excluding hydrogens is 785 g/mol. The third-order valence-electron chi connectivity index (χ3n) is 13.3. The van der Waals surface area contributed by atoms with E-state index in [1.165, 1.54) is 33.4 Å². The van der Waals surface area contributed by atoms with Gasteiger partial charge < -0.3 is 18.6 Å². The number of furan rings is 2. The average Bonchev–Trinajstić information content (AvgIpc) is 3.85. The highest BCUT2D eigenvalue weighted by molar-refractivity contribution is 6.28. The van der Waals surface area contributed by atoms with E-state index in [0.717, 1.165) is 99.5 Å². The van der Waals surface area contributed by atoms with Gasteiger partial charge in [0.05, 0.1) is 23.3 Å². The van der Waals surface area contributed by atoms with E-state index in [9.17, 15) is 10.5 Å². The predicted octanol–water partition coefficient (Wildman–Crippen LogP) is 16.3. The molecule has 0 atom stereocenters. The zero-order valence-corrected chi connectivity index (χ0v) is 36.5. The average molecular weight is 827 g/mol. The zero-order valence-electron chi connectivity index (χ0n) is 36.5. The minimum atomic E-state index is 0.624. The summed E-state index contributed by atoms with van der Waals surface area (Å²) in [5.41, 5.74) is 18.0. The second-order valence-electron chi connectivity index (χ2n) is 17.2. The molecule has 2 aromatic heterocycles. The van der Waals surface area contributed by atoms with Gasteiger partial charge in [-0.05, 0) is 230 Å². The molecule has 0 fully saturated rings. The summed E-state index contributed by atoms with van der Waals surface area (Å²) in [7, 11) is 0. The molecule has 6 heteroatoms. The lowest BCUT2D eigenvalue weighted by Gasteiger charge is -2.27. The minimum absolute atomic E-state index is 0.624. The first-order valence-corrected chi connectivity index (χ1v) is 21.5. The Labute approximate surface area is 371 Å². The topological polar surface area (TPSA) is 80.3 Å². The van der Waals surface area contributed by atoms with Crippen LogP contribution in [0.15, 0.2) is 154 Å². The van der Waals surface area contributed by atoms with Crippen LogP contribution in [-0.2, 0) is 0 Å². The Kier molecular flexibility index (Phi) is 8.84. The second-order valence-corrected chi connectivity index (χ2v) is 17.2. The molecule has 0 aliphatic carbocycles. The molecule has 0 radical (unpaired) electrons. The van der Waals surface area contributed by atoms with Gasteiger partial charge in [-0.15, -0.1) is 0 Å². The lowest BCUT2D eigenvalue weighted by atomic mass is 9.99. The van der Waals surface area contributed by atoms with Crippen molar-refractivity contribution in [2.75, 3.05) is 9.80 Å². The molecule has 6 nitrogen and oxygen atoms in total. The maximum absolute atomic E-state index is 9.54. The number of rotatable bonds is 6. The van der Waals surface area contributed by atoms with Crippen LogP contribution < -0.4 is 9.80 Å². The molecule has 64 heavy (non-hydrogen) atoms. The molecule has 11 rings (SSSR count). The largest absolute Gasteiger partial charge is 0.456 e. The summed E-state index contributed by atoms with van der Waals surface area (Å²) in [6, 6.07) is 54.9. The van der Waals surface area contributed by atoms with E-state index in [1.54, 1.807) is 0 Å². The molecule has 0 aliphatic rings. The van der Waals surface area contributed by atoms with Gasteiger partial charge in [-0.25, -0.2) is 0 Å². The molecular formula is C58H42N4O2. The predicted molar refractivity (Wildman–Crippen MR) is 263 cm³/mol. The first kappa shape index (κ1) is 38.6. The molecule has 9 aromatic carbocycles. The Morgan fingerprint density at radius 3 is 1.06 bits per heavy atom. The summed E-state index contributed by atoms with van der Waals surface area (Å²) in [6.45, 7) is 12.9. The van der Waals surface area contributed by atoms with Crippen molar-refractivity contribution in [2.24, 2.45) is 0 Å². The normalized spacial score (nSPS) is 11.6. The monoisotopic (exact) mass is 826 g/mol. The van der Waals surface area contributed by atoms with Crippen LogP contribution in [0.5, 0.6) is 0 Å². The van der Waals surface area contributed by atoms with Gasteiger partial charge in [0, 0.05) is 55.7 Å². The maximum atomic E-state index is 9.54. The fourth-order valence-corrected chi connectivity index (χ4v) is 9.42. The molecule has 0 N–H and O–H groups in total. The summed E-state index contributed by atoms with van der Waals surface area (Å²) in [4.78, 5) is 4.51. The molecule has 0 unspecified atom stereocenters. The van der Waals surface area contributed by atoms with Crippen LogP contribution in [-0.4, -0.2) is 0 Å². The van der Waals surface area contributed by atoms with E-state index in [4.69, 9.17) is 8.83 Å². The number of hydrogen-bond donors (Lipinski definition) is 0. The van der Waals surface area contributed by atoms with Crippen molar-refractivity contribution in [3.05, 3.63) is 190 Å². The van der Waals surface area contributed by atoms with Gasteiger partial charge in [0.2, 0.25) is 0 Å². The van der Waals surface area contributed by atoms with Crippen LogP contribution >= 0.6 is 0 Å². The molecule has 306 valence electrons. The third-order valence-corrected chi connectivity index (χ3v) is 13.3. The number of benzene rings is 9. The summed E-state index contributed by atoms with van der Waals surface area (Å²) in [5.74, 6) is 0. The Morgan fingerprint density at radius 1 is 0.344 bits per heavy atom. The van der Waals surface area contributed by atoms with E-state index in [-0.39, 0.29) is 0 Å². The molecule has 0 saturated heterocycles. The SMILES string of the molecule is Cc1cc(N(c2ccc(C#N)cc2)c2ccc3cc4c(cc3c2)oc2ccc3oc5cc6cc(N(c7ccc(C#N)cc7)c7cc(C)c(C)c(C)c7)ccc6cc5c3c24)cc(C)c1C. The van der Waals surface area contributed by atoms with Crippen LogP contribution in [0.4, 0.5) is 34.1 Å². The fraction of sp³-hybridized carbons (Fsp3) is 0.103. The highest BCUT2D eigenvalue weighted by Gasteiger charge is 2.21. The van der Waals surface area contributed by atoms with E-state index in [1.807, 2.05) is 60.7 Å². The van der Waals surface area contributed by atoms with Crippen molar-refractivity contribution in [2.45, 2.75) is 41.5 Å². The smallest absolute Gasteiger partial charge is 0.136 e. The van der Waals surface area contributed by atoms with E-state index in [2.05, 4.69) is 148 Å². The van der Waals surface area contributed by atoms with Crippen molar-refractivity contribution in [1.29, 1.82) is 10.5 Å². The molecule has 0 amide bonds. The highest BCUT2D eigenvalue weighted by Crippen LogP contribution is 2.45. The Hall–Kier alpha value is -8.32. The summed E-state index contributed by atoms with van der Waals surface area (Å²) in [6.07, 6.45) is 0. The maximum Gasteiger partial charge on any atom is 0.136 e. The third kappa shape index (κ3) is 6.23. The molecule has 2 heterocycles. The van der Waals surface area contributed by atoms with Gasteiger partial charge in [0.25, 0.3) is 0 Å². The Balaban J connectivity index is 1.04. The van der Waals surface area contributed by atoms with Crippen molar-refractivity contribution < 1.29 is 8.83 Å². The van der Waals surface area contributed by atoms with E-state index >= 15 is 0 Å². The van der Waals surface area contributed by atoms with E-state index in [0.29, 0.717) is 11.1 Å². The van der Waals surface area contributed by atoms with Crippen LogP contribution in [0, 0.1) is 64.2 Å². The minimum Gasteiger partial charge on any atom is -0.456 e. The number of aryl methyl sites for hydroxylation is 4. The first-order chi connectivity index (χ1) is 31.0. The molecule has 11 aromatic rings. The number of nitriles is 2. The highest BCUT2D eigenvalue weighted by atomic mass is 16.3. The van der Waals surface area contributed by atoms with Gasteiger partial charge in [-0.1, -0.05) is 12.1 Å². The van der Waals surface area contributed by atoms with Gasteiger partial charge >= 0.3 is 0 Å². The van der Waals surface area contributed by atoms with Gasteiger partial charge in [-0.2, -0.15) is 10.5 Å². The zero-order chi connectivity index (χ0) is 44.0. The van der Waals surface area contributed by atoms with Crippen molar-refractivity contribution in [1.82, 2.24) is 0 Å². The first-order valence-electron chi connectivity index (χ1n) is 21.5. The van der Waals surface area contributed by atoms with Gasteiger partial charge in [-0.3, -0.25) is 0 Å². The number of hydrogen-bond acceptors (Lipinski definition) is 6. The van der Waals surface area contributed by atoms with Crippen LogP contribution in [0.25, 0.3) is 65.4 Å². The number of fused-ring (bicyclic) bond motifs is 9. The van der Waals surface area contributed by atoms with Crippen molar-refractivity contribution in [3.8, 4) is 12.1 Å². The van der Waals surface area contributed by atoms with E-state index < -0.39 is 0 Å². The quantitative estimate of drug-likeness (QED) is 0.166.